The molecular formula is C60H43N4OPtS-3. The van der Waals surface area contributed by atoms with Gasteiger partial charge in [-0.15, -0.1) is 59.6 Å². The van der Waals surface area contributed by atoms with Crippen molar-refractivity contribution in [3.8, 4) is 50.7 Å². The summed E-state index contributed by atoms with van der Waals surface area (Å²) in [4.78, 5) is 9.54. The molecule has 0 saturated heterocycles. The van der Waals surface area contributed by atoms with Crippen LogP contribution in [0.25, 0.3) is 70.4 Å². The Morgan fingerprint density at radius 1 is 0.552 bits per heavy atom. The van der Waals surface area contributed by atoms with E-state index in [1.165, 1.54) is 20.3 Å². The quantitative estimate of drug-likeness (QED) is 0.142. The second kappa shape index (κ2) is 17.2. The summed E-state index contributed by atoms with van der Waals surface area (Å²) in [5.74, 6) is 2.03. The SMILES string of the molecule is CC(C)(C)c1ccnc(-n2c3[c-]c(Oc4[c-]c(N5[CH-]N(c6c(-c7ccccc7)cccc6-c6ccccc6)c6ccccc65)cc(-c5ccccc5)c4)ccc3c3sc4ccccc4c32)c1.[Pt]. The zero-order valence-corrected chi connectivity index (χ0v) is 40.1. The molecule has 1 aliphatic heterocycles. The van der Waals surface area contributed by atoms with Gasteiger partial charge in [0.2, 0.25) is 0 Å². The Kier molecular flexibility index (Phi) is 10.9. The molecule has 0 radical (unpaired) electrons. The molecule has 8 aromatic carbocycles. The van der Waals surface area contributed by atoms with Crippen molar-refractivity contribution in [3.05, 3.63) is 225 Å². The molecule has 0 saturated carbocycles. The fourth-order valence-corrected chi connectivity index (χ4v) is 10.5. The minimum atomic E-state index is -0.0500. The van der Waals surface area contributed by atoms with Gasteiger partial charge in [0, 0.05) is 81.7 Å². The van der Waals surface area contributed by atoms with Crippen LogP contribution in [0, 0.1) is 18.8 Å². The maximum atomic E-state index is 6.94. The number of thiophene rings is 1. The van der Waals surface area contributed by atoms with Crippen molar-refractivity contribution in [2.45, 2.75) is 26.2 Å². The minimum Gasteiger partial charge on any atom is -0.509 e. The van der Waals surface area contributed by atoms with Crippen molar-refractivity contribution in [1.82, 2.24) is 9.55 Å². The number of hydrogen-bond donors (Lipinski definition) is 0. The fraction of sp³-hybridized carbons (Fsp3) is 0.0667. The number of fused-ring (bicyclic) bond motifs is 6. The van der Waals surface area contributed by atoms with E-state index in [0.29, 0.717) is 11.5 Å². The van der Waals surface area contributed by atoms with Crippen molar-refractivity contribution >= 4 is 65.3 Å². The molecular weight excluding hydrogens is 1020 g/mol. The number of anilines is 4. The van der Waals surface area contributed by atoms with E-state index in [1.807, 2.05) is 18.3 Å². The van der Waals surface area contributed by atoms with Gasteiger partial charge in [-0.05, 0) is 58.0 Å². The zero-order chi connectivity index (χ0) is 44.4. The van der Waals surface area contributed by atoms with Gasteiger partial charge in [0.1, 0.15) is 5.82 Å². The molecule has 11 aromatic rings. The number of para-hydroxylation sites is 3. The number of ether oxygens (including phenoxy) is 1. The molecule has 0 bridgehead atoms. The molecule has 12 rings (SSSR count). The first-order valence-electron chi connectivity index (χ1n) is 22.3. The van der Waals surface area contributed by atoms with Crippen molar-refractivity contribution in [2.75, 3.05) is 9.80 Å². The third kappa shape index (κ3) is 7.61. The monoisotopic (exact) mass is 1060 g/mol. The molecule has 328 valence electrons. The second-order valence-electron chi connectivity index (χ2n) is 17.7. The number of rotatable bonds is 8. The maximum absolute atomic E-state index is 6.94. The second-order valence-corrected chi connectivity index (χ2v) is 18.8. The van der Waals surface area contributed by atoms with Gasteiger partial charge in [-0.3, -0.25) is 0 Å². The Balaban J connectivity index is 0.00000494. The Morgan fingerprint density at radius 3 is 1.87 bits per heavy atom. The number of pyridine rings is 1. The number of benzene rings is 8. The predicted octanol–water partition coefficient (Wildman–Crippen LogP) is 16.5. The first-order valence-corrected chi connectivity index (χ1v) is 23.1. The smallest absolute Gasteiger partial charge is 0.135 e. The number of aromatic nitrogens is 2. The first kappa shape index (κ1) is 42.4. The molecule has 1 aliphatic rings. The summed E-state index contributed by atoms with van der Waals surface area (Å²) >= 11 is 1.81. The van der Waals surface area contributed by atoms with Gasteiger partial charge in [0.05, 0.1) is 5.52 Å². The summed E-state index contributed by atoms with van der Waals surface area (Å²) in [6.45, 7) is 8.92. The van der Waals surface area contributed by atoms with Crippen molar-refractivity contribution in [2.24, 2.45) is 0 Å². The Bertz CT molecular complexity index is 3540. The molecule has 0 aliphatic carbocycles. The normalized spacial score (nSPS) is 12.5. The molecule has 3 aromatic heterocycles. The summed E-state index contributed by atoms with van der Waals surface area (Å²) in [6.07, 6.45) is 1.92. The summed E-state index contributed by atoms with van der Waals surface area (Å²) in [7, 11) is 0. The first-order chi connectivity index (χ1) is 32.4. The molecule has 0 fully saturated rings. The van der Waals surface area contributed by atoms with E-state index in [9.17, 15) is 0 Å². The standard InChI is InChI=1S/C60H43N4OS.Pt/c1-60(2,3)44-32-33-61-56(36-44)64-54-38-46(30-31-50(54)59-58(64)51-24-13-16-29-55(51)66-59)65-47-35-43(40-18-7-4-8-19-40)34-45(37-47)62-39-63(53-28-15-14-27-52(53)62)57-48(41-20-9-5-10-21-41)25-17-26-49(57)42-22-11-6-12-23-42;/h4-36,39H,1-3H3;/q-3;. The third-order valence-electron chi connectivity index (χ3n) is 12.5. The van der Waals surface area contributed by atoms with Crippen LogP contribution in [-0.2, 0) is 26.5 Å². The van der Waals surface area contributed by atoms with Crippen molar-refractivity contribution in [1.29, 1.82) is 0 Å². The van der Waals surface area contributed by atoms with E-state index in [4.69, 9.17) is 9.72 Å². The molecule has 4 heterocycles. The molecule has 5 nitrogen and oxygen atoms in total. The van der Waals surface area contributed by atoms with Crippen LogP contribution in [0.4, 0.5) is 22.7 Å². The molecule has 67 heavy (non-hydrogen) atoms. The van der Waals surface area contributed by atoms with Crippen LogP contribution in [0.3, 0.4) is 0 Å². The van der Waals surface area contributed by atoms with E-state index in [1.54, 1.807) is 11.3 Å². The van der Waals surface area contributed by atoms with Crippen LogP contribution in [0.1, 0.15) is 26.3 Å². The van der Waals surface area contributed by atoms with Crippen LogP contribution in [0.2, 0.25) is 0 Å². The minimum absolute atomic E-state index is 0. The van der Waals surface area contributed by atoms with Crippen LogP contribution >= 0.6 is 11.3 Å². The van der Waals surface area contributed by atoms with E-state index in [-0.39, 0.29) is 26.5 Å². The van der Waals surface area contributed by atoms with E-state index >= 15 is 0 Å². The topological polar surface area (TPSA) is 33.5 Å². The number of hydrogen-bond acceptors (Lipinski definition) is 5. The number of nitrogens with zero attached hydrogens (tertiary/aromatic N) is 4. The van der Waals surface area contributed by atoms with Gasteiger partial charge >= 0.3 is 0 Å². The zero-order valence-electron chi connectivity index (χ0n) is 37.1. The average molecular weight is 1060 g/mol. The Hall–Kier alpha value is -7.24. The molecule has 0 N–H and O–H groups in total. The third-order valence-corrected chi connectivity index (χ3v) is 13.7. The van der Waals surface area contributed by atoms with Crippen molar-refractivity contribution in [3.63, 3.8) is 0 Å². The van der Waals surface area contributed by atoms with Crippen LogP contribution in [-0.4, -0.2) is 9.55 Å². The van der Waals surface area contributed by atoms with Gasteiger partial charge in [-0.25, -0.2) is 4.98 Å². The summed E-state index contributed by atoms with van der Waals surface area (Å²) in [5.41, 5.74) is 13.9. The maximum Gasteiger partial charge on any atom is 0.135 e. The molecule has 0 atom stereocenters. The molecule has 0 spiro atoms. The molecule has 0 unspecified atom stereocenters. The fourth-order valence-electron chi connectivity index (χ4n) is 9.28. The van der Waals surface area contributed by atoms with Crippen LogP contribution < -0.4 is 14.5 Å². The molecule has 7 heteroatoms. The largest absolute Gasteiger partial charge is 0.509 e. The van der Waals surface area contributed by atoms with Gasteiger partial charge < -0.3 is 19.1 Å². The summed E-state index contributed by atoms with van der Waals surface area (Å²) in [5, 5.41) is 2.30. The van der Waals surface area contributed by atoms with E-state index in [0.717, 1.165) is 78.4 Å². The van der Waals surface area contributed by atoms with Gasteiger partial charge in [0.15, 0.2) is 0 Å². The van der Waals surface area contributed by atoms with Gasteiger partial charge in [0.25, 0.3) is 0 Å². The predicted molar refractivity (Wildman–Crippen MR) is 275 cm³/mol. The molecule has 0 amide bonds. The van der Waals surface area contributed by atoms with Gasteiger partial charge in [-0.2, -0.15) is 6.07 Å². The van der Waals surface area contributed by atoms with Crippen LogP contribution in [0.15, 0.2) is 200 Å². The Morgan fingerprint density at radius 2 is 1.18 bits per heavy atom. The Labute approximate surface area is 409 Å². The summed E-state index contributed by atoms with van der Waals surface area (Å²) in [6, 6.07) is 75.8. The van der Waals surface area contributed by atoms with Crippen LogP contribution in [0.5, 0.6) is 11.5 Å². The van der Waals surface area contributed by atoms with E-state index in [2.05, 4.69) is 236 Å². The van der Waals surface area contributed by atoms with Crippen molar-refractivity contribution < 1.29 is 25.8 Å². The average Bonchev–Trinajstić information content (AvgIpc) is 4.03. The summed E-state index contributed by atoms with van der Waals surface area (Å²) < 4.78 is 11.6. The van der Waals surface area contributed by atoms with Gasteiger partial charge in [-0.1, -0.05) is 171 Å². The van der Waals surface area contributed by atoms with E-state index < -0.39 is 0 Å².